The summed E-state index contributed by atoms with van der Waals surface area (Å²) in [5, 5.41) is 0. The first-order valence-corrected chi connectivity index (χ1v) is 6.31. The molecular weight excluding hydrogens is 194 g/mol. The zero-order valence-electron chi connectivity index (χ0n) is 11.5. The molecule has 0 aromatic rings. The predicted octanol–water partition coefficient (Wildman–Crippen LogP) is 4.61. The Balaban J connectivity index is 3.06. The molecule has 1 aliphatic rings. The minimum atomic E-state index is 0.566. The van der Waals surface area contributed by atoms with E-state index in [0.717, 1.165) is 12.1 Å². The molecule has 0 saturated carbocycles. The van der Waals surface area contributed by atoms with E-state index in [-0.39, 0.29) is 0 Å². The second kappa shape index (κ2) is 5.47. The van der Waals surface area contributed by atoms with Gasteiger partial charge in [0.1, 0.15) is 0 Å². The molecule has 16 heavy (non-hydrogen) atoms. The minimum Gasteiger partial charge on any atom is -0.263 e. The van der Waals surface area contributed by atoms with Crippen molar-refractivity contribution in [2.75, 3.05) is 0 Å². The van der Waals surface area contributed by atoms with Crippen molar-refractivity contribution in [1.29, 1.82) is 0 Å². The fourth-order valence-corrected chi connectivity index (χ4v) is 2.25. The molecule has 3 atom stereocenters. The number of aliphatic imine (C=N–C) groups is 1. The smallest absolute Gasteiger partial charge is 0.0335 e. The van der Waals surface area contributed by atoms with Gasteiger partial charge in [0, 0.05) is 11.4 Å². The molecular formula is C15H25N. The topological polar surface area (TPSA) is 12.4 Å². The van der Waals surface area contributed by atoms with Crippen LogP contribution in [0.2, 0.25) is 0 Å². The van der Waals surface area contributed by atoms with E-state index >= 15 is 0 Å². The summed E-state index contributed by atoms with van der Waals surface area (Å²) in [5.74, 6) is 1.78. The molecule has 0 N–H and O–H groups in total. The van der Waals surface area contributed by atoms with Crippen molar-refractivity contribution in [3.05, 3.63) is 23.4 Å². The average Bonchev–Trinajstić information content (AvgIpc) is 2.15. The van der Waals surface area contributed by atoms with E-state index in [4.69, 9.17) is 0 Å². The summed E-state index contributed by atoms with van der Waals surface area (Å²) in [6.07, 6.45) is 5.79. The van der Waals surface area contributed by atoms with Gasteiger partial charge in [-0.2, -0.15) is 0 Å². The summed E-state index contributed by atoms with van der Waals surface area (Å²) in [5.41, 5.74) is 3.91. The molecule has 3 unspecified atom stereocenters. The summed E-state index contributed by atoms with van der Waals surface area (Å²) >= 11 is 0. The van der Waals surface area contributed by atoms with Crippen LogP contribution in [0, 0.1) is 17.8 Å². The van der Waals surface area contributed by atoms with Gasteiger partial charge < -0.3 is 0 Å². The van der Waals surface area contributed by atoms with Gasteiger partial charge in [-0.1, -0.05) is 38.5 Å². The molecule has 0 radical (unpaired) electrons. The van der Waals surface area contributed by atoms with Crippen LogP contribution in [-0.4, -0.2) is 5.71 Å². The van der Waals surface area contributed by atoms with Crippen molar-refractivity contribution in [3.8, 4) is 0 Å². The van der Waals surface area contributed by atoms with Gasteiger partial charge in [-0.25, -0.2) is 0 Å². The van der Waals surface area contributed by atoms with E-state index in [0.29, 0.717) is 17.8 Å². The molecule has 1 rings (SSSR count). The van der Waals surface area contributed by atoms with Crippen LogP contribution in [0.25, 0.3) is 0 Å². The zero-order chi connectivity index (χ0) is 12.3. The Morgan fingerprint density at radius 3 is 2.19 bits per heavy atom. The van der Waals surface area contributed by atoms with Gasteiger partial charge in [-0.05, 0) is 44.9 Å². The number of rotatable bonds is 0. The summed E-state index contributed by atoms with van der Waals surface area (Å²) in [6.45, 7) is 13.4. The monoisotopic (exact) mass is 219 g/mol. The van der Waals surface area contributed by atoms with Crippen molar-refractivity contribution in [2.24, 2.45) is 22.7 Å². The molecule has 1 heterocycles. The van der Waals surface area contributed by atoms with E-state index < -0.39 is 0 Å². The molecule has 90 valence electrons. The van der Waals surface area contributed by atoms with E-state index in [1.165, 1.54) is 11.3 Å². The van der Waals surface area contributed by atoms with E-state index in [2.05, 4.69) is 58.7 Å². The molecule has 0 aliphatic carbocycles. The molecule has 0 aromatic carbocycles. The maximum atomic E-state index is 4.66. The molecule has 1 aliphatic heterocycles. The van der Waals surface area contributed by atoms with Crippen molar-refractivity contribution < 1.29 is 0 Å². The van der Waals surface area contributed by atoms with Crippen molar-refractivity contribution >= 4 is 5.71 Å². The van der Waals surface area contributed by atoms with Crippen LogP contribution in [0.4, 0.5) is 0 Å². The zero-order valence-corrected chi connectivity index (χ0v) is 11.5. The van der Waals surface area contributed by atoms with Crippen LogP contribution in [0.15, 0.2) is 28.4 Å². The van der Waals surface area contributed by atoms with Crippen molar-refractivity contribution in [1.82, 2.24) is 0 Å². The molecule has 0 fully saturated rings. The Kier molecular flexibility index (Phi) is 4.52. The normalized spacial score (nSPS) is 39.1. The fourth-order valence-electron chi connectivity index (χ4n) is 2.25. The first-order chi connectivity index (χ1) is 7.40. The first kappa shape index (κ1) is 13.2. The predicted molar refractivity (Wildman–Crippen MR) is 72.7 cm³/mol. The third kappa shape index (κ3) is 3.62. The second-order valence-corrected chi connectivity index (χ2v) is 5.39. The lowest BCUT2D eigenvalue weighted by Gasteiger charge is -2.20. The van der Waals surface area contributed by atoms with E-state index in [9.17, 15) is 0 Å². The SMILES string of the molecule is CC1=N/C(C)=C/C(C)C(C)/C=C(\C)C(C)C1. The van der Waals surface area contributed by atoms with E-state index in [1.54, 1.807) is 0 Å². The maximum Gasteiger partial charge on any atom is 0.0335 e. The fraction of sp³-hybridized carbons (Fsp3) is 0.667. The molecule has 0 bridgehead atoms. The highest BCUT2D eigenvalue weighted by Crippen LogP contribution is 2.24. The molecule has 1 nitrogen and oxygen atoms in total. The molecule has 1 heteroatoms. The van der Waals surface area contributed by atoms with Gasteiger partial charge in [-0.15, -0.1) is 0 Å². The van der Waals surface area contributed by atoms with Crippen LogP contribution < -0.4 is 0 Å². The second-order valence-electron chi connectivity index (χ2n) is 5.39. The van der Waals surface area contributed by atoms with Gasteiger partial charge in [0.15, 0.2) is 0 Å². The highest BCUT2D eigenvalue weighted by atomic mass is 14.7. The minimum absolute atomic E-state index is 0.566. The molecule has 0 spiro atoms. The average molecular weight is 219 g/mol. The number of hydrogen-bond acceptors (Lipinski definition) is 1. The highest BCUT2D eigenvalue weighted by molar-refractivity contribution is 5.83. The maximum absolute atomic E-state index is 4.66. The van der Waals surface area contributed by atoms with E-state index in [1.807, 2.05) is 0 Å². The summed E-state index contributed by atoms with van der Waals surface area (Å²) in [7, 11) is 0. The van der Waals surface area contributed by atoms with Gasteiger partial charge >= 0.3 is 0 Å². The summed E-state index contributed by atoms with van der Waals surface area (Å²) < 4.78 is 0. The number of hydrogen-bond donors (Lipinski definition) is 0. The summed E-state index contributed by atoms with van der Waals surface area (Å²) in [4.78, 5) is 4.66. The molecule has 0 amide bonds. The van der Waals surface area contributed by atoms with Crippen molar-refractivity contribution in [3.63, 3.8) is 0 Å². The van der Waals surface area contributed by atoms with Crippen LogP contribution in [0.1, 0.15) is 48.0 Å². The van der Waals surface area contributed by atoms with Crippen molar-refractivity contribution in [2.45, 2.75) is 48.0 Å². The Labute approximate surface area is 100 Å². The third-order valence-electron chi connectivity index (χ3n) is 3.61. The highest BCUT2D eigenvalue weighted by Gasteiger charge is 2.13. The Morgan fingerprint density at radius 2 is 1.56 bits per heavy atom. The molecule has 0 saturated heterocycles. The number of allylic oxidation sites excluding steroid dienone is 4. The standard InChI is InChI=1S/C15H25N/c1-10-7-11(2)13(4)9-15(6)16-14(5)8-12(10)3/h7-8,10,12-13H,9H2,1-6H3/b11-7+,14-8+,16-15?. The van der Waals surface area contributed by atoms with Crippen LogP contribution in [0.3, 0.4) is 0 Å². The Morgan fingerprint density at radius 1 is 1.00 bits per heavy atom. The van der Waals surface area contributed by atoms with Gasteiger partial charge in [-0.3, -0.25) is 4.99 Å². The molecule has 0 aromatic heterocycles. The Bertz CT molecular complexity index is 333. The van der Waals surface area contributed by atoms with Gasteiger partial charge in [0.2, 0.25) is 0 Å². The third-order valence-corrected chi connectivity index (χ3v) is 3.61. The van der Waals surface area contributed by atoms with Gasteiger partial charge in [0.25, 0.3) is 0 Å². The van der Waals surface area contributed by atoms with Crippen LogP contribution in [-0.2, 0) is 0 Å². The lowest BCUT2D eigenvalue weighted by molar-refractivity contribution is 0.542. The number of nitrogens with zero attached hydrogens (tertiary/aromatic N) is 1. The summed E-state index contributed by atoms with van der Waals surface area (Å²) in [6, 6.07) is 0. The first-order valence-electron chi connectivity index (χ1n) is 6.31. The quantitative estimate of drug-likeness (QED) is 0.528. The largest absolute Gasteiger partial charge is 0.263 e. The van der Waals surface area contributed by atoms with Gasteiger partial charge in [0.05, 0.1) is 0 Å². The lowest BCUT2D eigenvalue weighted by atomic mass is 9.88. The Hall–Kier alpha value is -0.850. The van der Waals surface area contributed by atoms with Crippen LogP contribution in [0.5, 0.6) is 0 Å². The lowest BCUT2D eigenvalue weighted by Crippen LogP contribution is -2.10. The van der Waals surface area contributed by atoms with Crippen LogP contribution >= 0.6 is 0 Å².